The predicted octanol–water partition coefficient (Wildman–Crippen LogP) is 1.02. The van der Waals surface area contributed by atoms with Gasteiger partial charge in [-0.15, -0.1) is 0 Å². The summed E-state index contributed by atoms with van der Waals surface area (Å²) in [7, 11) is 0. The van der Waals surface area contributed by atoms with Gasteiger partial charge in [0.05, 0.1) is 24.9 Å². The van der Waals surface area contributed by atoms with Crippen LogP contribution in [0.4, 0.5) is 14.5 Å². The highest BCUT2D eigenvalue weighted by Crippen LogP contribution is 2.01. The van der Waals surface area contributed by atoms with E-state index in [1.165, 1.54) is 12.4 Å². The summed E-state index contributed by atoms with van der Waals surface area (Å²) in [5, 5.41) is 8.66. The Bertz CT molecular complexity index is 290. The number of alkyl halides is 2. The van der Waals surface area contributed by atoms with Crippen LogP contribution in [0, 0.1) is 0 Å². The molecule has 84 valence electrons. The van der Waals surface area contributed by atoms with Gasteiger partial charge in [-0.05, 0) is 0 Å². The smallest absolute Gasteiger partial charge is 0.261 e. The Labute approximate surface area is 84.8 Å². The molecule has 0 radical (unpaired) electrons. The van der Waals surface area contributed by atoms with Crippen LogP contribution in [0.3, 0.4) is 0 Å². The Morgan fingerprint density at radius 1 is 1.67 bits per heavy atom. The fraction of sp³-hybridized carbons (Fsp3) is 0.500. The van der Waals surface area contributed by atoms with Gasteiger partial charge in [0.15, 0.2) is 0 Å². The summed E-state index contributed by atoms with van der Waals surface area (Å²) < 4.78 is 27.8. The SMILES string of the molecule is O=C(CCOCC(F)F)Nc1cn[nH]c1. The maximum Gasteiger partial charge on any atom is 0.261 e. The number of aromatic amines is 1. The number of anilines is 1. The van der Waals surface area contributed by atoms with Gasteiger partial charge in [0.2, 0.25) is 5.91 Å². The number of carbonyl (C=O) groups is 1. The van der Waals surface area contributed by atoms with Crippen LogP contribution in [-0.4, -0.2) is 35.7 Å². The topological polar surface area (TPSA) is 67.0 Å². The Morgan fingerprint density at radius 3 is 3.07 bits per heavy atom. The van der Waals surface area contributed by atoms with Gasteiger partial charge in [-0.1, -0.05) is 0 Å². The van der Waals surface area contributed by atoms with Crippen LogP contribution in [-0.2, 0) is 9.53 Å². The first kappa shape index (κ1) is 11.6. The molecular formula is C8H11F2N3O2. The first-order valence-corrected chi connectivity index (χ1v) is 4.33. The van der Waals surface area contributed by atoms with Crippen LogP contribution in [0.2, 0.25) is 0 Å². The number of hydrogen-bond acceptors (Lipinski definition) is 3. The highest BCUT2D eigenvalue weighted by atomic mass is 19.3. The lowest BCUT2D eigenvalue weighted by atomic mass is 10.4. The molecule has 1 aromatic rings. The minimum atomic E-state index is -2.50. The van der Waals surface area contributed by atoms with Crippen molar-refractivity contribution in [2.24, 2.45) is 0 Å². The van der Waals surface area contributed by atoms with Gasteiger partial charge in [-0.3, -0.25) is 9.89 Å². The van der Waals surface area contributed by atoms with Gasteiger partial charge < -0.3 is 10.1 Å². The van der Waals surface area contributed by atoms with Gasteiger partial charge >= 0.3 is 0 Å². The van der Waals surface area contributed by atoms with Crippen LogP contribution in [0.1, 0.15) is 6.42 Å². The fourth-order valence-electron chi connectivity index (χ4n) is 0.880. The molecule has 1 amide bonds. The van der Waals surface area contributed by atoms with Gasteiger partial charge in [0, 0.05) is 6.20 Å². The number of nitrogens with one attached hydrogen (secondary N) is 2. The standard InChI is InChI=1S/C8H11F2N3O2/c9-7(10)5-15-2-1-8(14)13-6-3-11-12-4-6/h3-4,7H,1-2,5H2,(H,11,12)(H,13,14). The number of carbonyl (C=O) groups excluding carboxylic acids is 1. The molecule has 1 aromatic heterocycles. The van der Waals surface area contributed by atoms with Gasteiger partial charge in [-0.2, -0.15) is 5.10 Å². The summed E-state index contributed by atoms with van der Waals surface area (Å²) in [5.41, 5.74) is 0.536. The highest BCUT2D eigenvalue weighted by molar-refractivity contribution is 5.90. The minimum Gasteiger partial charge on any atom is -0.375 e. The molecule has 0 unspecified atom stereocenters. The fourth-order valence-corrected chi connectivity index (χ4v) is 0.880. The molecule has 0 fully saturated rings. The molecule has 0 aliphatic heterocycles. The average Bonchev–Trinajstić information content (AvgIpc) is 2.64. The summed E-state index contributed by atoms with van der Waals surface area (Å²) in [6.45, 7) is -0.660. The zero-order chi connectivity index (χ0) is 11.1. The molecular weight excluding hydrogens is 208 g/mol. The molecule has 0 aliphatic rings. The molecule has 7 heteroatoms. The first-order chi connectivity index (χ1) is 7.18. The van der Waals surface area contributed by atoms with Crippen LogP contribution >= 0.6 is 0 Å². The number of hydrogen-bond donors (Lipinski definition) is 2. The second-order valence-corrected chi connectivity index (χ2v) is 2.75. The monoisotopic (exact) mass is 219 g/mol. The lowest BCUT2D eigenvalue weighted by Gasteiger charge is -2.03. The van der Waals surface area contributed by atoms with Crippen molar-refractivity contribution < 1.29 is 18.3 Å². The van der Waals surface area contributed by atoms with E-state index in [1.807, 2.05) is 0 Å². The Balaban J connectivity index is 2.09. The van der Waals surface area contributed by atoms with Crippen LogP contribution in [0.25, 0.3) is 0 Å². The third kappa shape index (κ3) is 5.06. The zero-order valence-electron chi connectivity index (χ0n) is 7.87. The third-order valence-corrected chi connectivity index (χ3v) is 1.50. The average molecular weight is 219 g/mol. The number of halogens is 2. The molecule has 0 aliphatic carbocycles. The molecule has 15 heavy (non-hydrogen) atoms. The van der Waals surface area contributed by atoms with Crippen molar-refractivity contribution in [2.75, 3.05) is 18.5 Å². The van der Waals surface area contributed by atoms with Crippen LogP contribution in [0.5, 0.6) is 0 Å². The van der Waals surface area contributed by atoms with Crippen molar-refractivity contribution in [3.8, 4) is 0 Å². The van der Waals surface area contributed by atoms with Crippen molar-refractivity contribution in [2.45, 2.75) is 12.8 Å². The summed E-state index contributed by atoms with van der Waals surface area (Å²) in [4.78, 5) is 11.1. The van der Waals surface area contributed by atoms with Crippen molar-refractivity contribution in [3.63, 3.8) is 0 Å². The molecule has 0 spiro atoms. The summed E-state index contributed by atoms with van der Waals surface area (Å²) in [6.07, 6.45) is 0.496. The molecule has 1 rings (SSSR count). The van der Waals surface area contributed by atoms with E-state index in [2.05, 4.69) is 20.3 Å². The lowest BCUT2D eigenvalue weighted by Crippen LogP contribution is -2.15. The second kappa shape index (κ2) is 6.07. The molecule has 2 N–H and O–H groups in total. The number of aromatic nitrogens is 2. The normalized spacial score (nSPS) is 10.6. The Kier molecular flexibility index (Phi) is 4.69. The van der Waals surface area contributed by atoms with E-state index in [0.29, 0.717) is 5.69 Å². The maximum absolute atomic E-state index is 11.6. The molecule has 0 atom stereocenters. The summed E-state index contributed by atoms with van der Waals surface area (Å²) in [5.74, 6) is -0.300. The number of ether oxygens (including phenoxy) is 1. The maximum atomic E-state index is 11.6. The quantitative estimate of drug-likeness (QED) is 0.702. The minimum absolute atomic E-state index is 0.0198. The van der Waals surface area contributed by atoms with Crippen LogP contribution in [0.15, 0.2) is 12.4 Å². The number of amides is 1. The van der Waals surface area contributed by atoms with E-state index >= 15 is 0 Å². The summed E-state index contributed by atoms with van der Waals surface area (Å²) in [6, 6.07) is 0. The molecule has 0 saturated carbocycles. The molecule has 1 heterocycles. The van der Waals surface area contributed by atoms with Gasteiger partial charge in [0.25, 0.3) is 6.43 Å². The number of nitrogens with zero attached hydrogens (tertiary/aromatic N) is 1. The largest absolute Gasteiger partial charge is 0.375 e. The molecule has 5 nitrogen and oxygen atoms in total. The second-order valence-electron chi connectivity index (χ2n) is 2.75. The van der Waals surface area contributed by atoms with Crippen molar-refractivity contribution in [3.05, 3.63) is 12.4 Å². The van der Waals surface area contributed by atoms with Crippen molar-refractivity contribution in [1.82, 2.24) is 10.2 Å². The van der Waals surface area contributed by atoms with Crippen LogP contribution < -0.4 is 5.32 Å². The molecule has 0 bridgehead atoms. The molecule has 0 saturated heterocycles. The highest BCUT2D eigenvalue weighted by Gasteiger charge is 2.05. The molecule has 0 aromatic carbocycles. The first-order valence-electron chi connectivity index (χ1n) is 4.33. The number of rotatable bonds is 6. The zero-order valence-corrected chi connectivity index (χ0v) is 7.87. The van der Waals surface area contributed by atoms with Gasteiger partial charge in [-0.25, -0.2) is 8.78 Å². The van der Waals surface area contributed by atoms with E-state index in [9.17, 15) is 13.6 Å². The third-order valence-electron chi connectivity index (χ3n) is 1.50. The Hall–Kier alpha value is -1.50. The van der Waals surface area contributed by atoms with E-state index in [4.69, 9.17) is 0 Å². The van der Waals surface area contributed by atoms with Crippen molar-refractivity contribution in [1.29, 1.82) is 0 Å². The van der Waals surface area contributed by atoms with E-state index in [1.54, 1.807) is 0 Å². The predicted molar refractivity (Wildman–Crippen MR) is 48.7 cm³/mol. The van der Waals surface area contributed by atoms with E-state index in [0.717, 1.165) is 0 Å². The Morgan fingerprint density at radius 2 is 2.47 bits per heavy atom. The number of H-pyrrole nitrogens is 1. The van der Waals surface area contributed by atoms with Crippen molar-refractivity contribution >= 4 is 11.6 Å². The lowest BCUT2D eigenvalue weighted by molar-refractivity contribution is -0.117. The van der Waals surface area contributed by atoms with E-state index in [-0.39, 0.29) is 18.9 Å². The summed E-state index contributed by atoms with van der Waals surface area (Å²) >= 11 is 0. The van der Waals surface area contributed by atoms with E-state index < -0.39 is 13.0 Å². The van der Waals surface area contributed by atoms with Gasteiger partial charge in [0.1, 0.15) is 6.61 Å².